The van der Waals surface area contributed by atoms with Crippen molar-refractivity contribution in [3.05, 3.63) is 30.1 Å². The number of benzene rings is 1. The minimum atomic E-state index is 0.388. The molecule has 3 aromatic rings. The van der Waals surface area contributed by atoms with Crippen molar-refractivity contribution < 1.29 is 4.52 Å². The Hall–Kier alpha value is -2.21. The van der Waals surface area contributed by atoms with Crippen LogP contribution in [0.25, 0.3) is 22.5 Å². The van der Waals surface area contributed by atoms with Gasteiger partial charge in [-0.15, -0.1) is 0 Å². The van der Waals surface area contributed by atoms with Crippen LogP contribution in [0, 0.1) is 0 Å². The Morgan fingerprint density at radius 2 is 2.05 bits per heavy atom. The Kier molecular flexibility index (Phi) is 2.96. The van der Waals surface area contributed by atoms with E-state index in [1.54, 1.807) is 0 Å². The van der Waals surface area contributed by atoms with E-state index in [-0.39, 0.29) is 0 Å². The lowest BCUT2D eigenvalue weighted by Gasteiger charge is -2.18. The molecule has 1 N–H and O–H groups in total. The first-order chi connectivity index (χ1) is 10.3. The van der Waals surface area contributed by atoms with E-state index in [1.807, 2.05) is 36.0 Å². The van der Waals surface area contributed by atoms with Crippen molar-refractivity contribution in [2.24, 2.45) is 7.05 Å². The molecule has 2 aromatic heterocycles. The fourth-order valence-electron chi connectivity index (χ4n) is 2.95. The van der Waals surface area contributed by atoms with Gasteiger partial charge in [0.25, 0.3) is 5.89 Å². The lowest BCUT2D eigenvalue weighted by Crippen LogP contribution is -2.27. The molecule has 0 radical (unpaired) electrons. The zero-order valence-corrected chi connectivity index (χ0v) is 11.9. The Morgan fingerprint density at radius 1 is 1.24 bits per heavy atom. The second-order valence-corrected chi connectivity index (χ2v) is 5.47. The van der Waals surface area contributed by atoms with E-state index in [4.69, 9.17) is 4.52 Å². The number of fused-ring (bicyclic) bond motifs is 1. The lowest BCUT2D eigenvalue weighted by atomic mass is 9.98. The minimum Gasteiger partial charge on any atom is -0.332 e. The monoisotopic (exact) mass is 283 g/mol. The van der Waals surface area contributed by atoms with Crippen molar-refractivity contribution in [3.63, 3.8) is 0 Å². The fourth-order valence-corrected chi connectivity index (χ4v) is 2.95. The quantitative estimate of drug-likeness (QED) is 0.780. The summed E-state index contributed by atoms with van der Waals surface area (Å²) in [4.78, 5) is 4.59. The standard InChI is InChI=1S/C15H17N5O/c1-20-12-5-3-2-4-11(12)13(18-20)15-17-14(19-21-15)10-6-8-16-9-7-10/h2-5,10,16H,6-9H2,1H3. The molecular weight excluding hydrogens is 266 g/mol. The molecule has 1 saturated heterocycles. The summed E-state index contributed by atoms with van der Waals surface area (Å²) in [5, 5.41) is 13.1. The molecule has 0 spiro atoms. The second kappa shape index (κ2) is 4.96. The zero-order valence-electron chi connectivity index (χ0n) is 11.9. The summed E-state index contributed by atoms with van der Waals surface area (Å²) in [7, 11) is 1.93. The summed E-state index contributed by atoms with van der Waals surface area (Å²) in [6.07, 6.45) is 2.11. The molecule has 0 atom stereocenters. The molecule has 0 bridgehead atoms. The third-order valence-corrected chi connectivity index (χ3v) is 4.11. The summed E-state index contributed by atoms with van der Waals surface area (Å²) in [6, 6.07) is 8.07. The number of hydrogen-bond donors (Lipinski definition) is 1. The summed E-state index contributed by atoms with van der Waals surface area (Å²) in [6.45, 7) is 2.03. The number of rotatable bonds is 2. The van der Waals surface area contributed by atoms with Crippen LogP contribution in [0.15, 0.2) is 28.8 Å². The van der Waals surface area contributed by atoms with Gasteiger partial charge in [0.15, 0.2) is 11.5 Å². The van der Waals surface area contributed by atoms with E-state index >= 15 is 0 Å². The van der Waals surface area contributed by atoms with Gasteiger partial charge in [0.2, 0.25) is 0 Å². The van der Waals surface area contributed by atoms with E-state index in [2.05, 4.69) is 20.6 Å². The van der Waals surface area contributed by atoms with Gasteiger partial charge < -0.3 is 9.84 Å². The van der Waals surface area contributed by atoms with Crippen molar-refractivity contribution in [3.8, 4) is 11.6 Å². The number of nitrogens with zero attached hydrogens (tertiary/aromatic N) is 4. The van der Waals surface area contributed by atoms with Gasteiger partial charge in [-0.05, 0) is 32.0 Å². The Balaban J connectivity index is 1.74. The van der Waals surface area contributed by atoms with Crippen molar-refractivity contribution in [2.45, 2.75) is 18.8 Å². The summed E-state index contributed by atoms with van der Waals surface area (Å²) < 4.78 is 7.31. The van der Waals surface area contributed by atoms with E-state index in [0.29, 0.717) is 11.8 Å². The maximum Gasteiger partial charge on any atom is 0.279 e. The van der Waals surface area contributed by atoms with Crippen LogP contribution >= 0.6 is 0 Å². The van der Waals surface area contributed by atoms with Crippen LogP contribution in [-0.4, -0.2) is 33.0 Å². The van der Waals surface area contributed by atoms with E-state index in [0.717, 1.165) is 48.4 Å². The Bertz CT molecular complexity index is 769. The second-order valence-electron chi connectivity index (χ2n) is 5.47. The van der Waals surface area contributed by atoms with Gasteiger partial charge in [0, 0.05) is 18.4 Å². The lowest BCUT2D eigenvalue weighted by molar-refractivity contribution is 0.391. The molecule has 6 nitrogen and oxygen atoms in total. The molecule has 0 amide bonds. The molecule has 1 aromatic carbocycles. The smallest absolute Gasteiger partial charge is 0.279 e. The van der Waals surface area contributed by atoms with Crippen LogP contribution in [0.4, 0.5) is 0 Å². The SMILES string of the molecule is Cn1nc(-c2nc(C3CCNCC3)no2)c2ccccc21. The number of aryl methyl sites for hydroxylation is 1. The van der Waals surface area contributed by atoms with Crippen LogP contribution in [0.2, 0.25) is 0 Å². The average Bonchev–Trinajstić information content (AvgIpc) is 3.14. The molecule has 6 heteroatoms. The molecule has 1 fully saturated rings. The minimum absolute atomic E-state index is 0.388. The third-order valence-electron chi connectivity index (χ3n) is 4.11. The fraction of sp³-hybridized carbons (Fsp3) is 0.400. The van der Waals surface area contributed by atoms with E-state index in [1.165, 1.54) is 0 Å². The number of para-hydroxylation sites is 1. The van der Waals surface area contributed by atoms with Crippen molar-refractivity contribution in [2.75, 3.05) is 13.1 Å². The van der Waals surface area contributed by atoms with Crippen molar-refractivity contribution in [1.29, 1.82) is 0 Å². The van der Waals surface area contributed by atoms with Gasteiger partial charge >= 0.3 is 0 Å². The largest absolute Gasteiger partial charge is 0.332 e. The molecule has 4 rings (SSSR count). The molecule has 21 heavy (non-hydrogen) atoms. The first-order valence-electron chi connectivity index (χ1n) is 7.29. The Labute approximate surface area is 122 Å². The summed E-state index contributed by atoms with van der Waals surface area (Å²) in [5.41, 5.74) is 1.83. The highest BCUT2D eigenvalue weighted by molar-refractivity contribution is 5.91. The number of nitrogens with one attached hydrogen (secondary N) is 1. The van der Waals surface area contributed by atoms with Gasteiger partial charge in [-0.25, -0.2) is 0 Å². The molecule has 0 unspecified atom stereocenters. The Morgan fingerprint density at radius 3 is 2.90 bits per heavy atom. The average molecular weight is 283 g/mol. The first-order valence-corrected chi connectivity index (χ1v) is 7.29. The van der Waals surface area contributed by atoms with E-state index in [9.17, 15) is 0 Å². The van der Waals surface area contributed by atoms with Crippen molar-refractivity contribution >= 4 is 10.9 Å². The van der Waals surface area contributed by atoms with Gasteiger partial charge in [-0.2, -0.15) is 10.1 Å². The molecule has 1 aliphatic rings. The third kappa shape index (κ3) is 2.12. The van der Waals surface area contributed by atoms with Gasteiger partial charge in [0.05, 0.1) is 5.52 Å². The molecular formula is C15H17N5O. The maximum absolute atomic E-state index is 5.47. The van der Waals surface area contributed by atoms with Crippen LogP contribution < -0.4 is 5.32 Å². The predicted octanol–water partition coefficient (Wildman–Crippen LogP) is 2.09. The summed E-state index contributed by atoms with van der Waals surface area (Å²) in [5.74, 6) is 1.71. The topological polar surface area (TPSA) is 68.8 Å². The van der Waals surface area contributed by atoms with Crippen LogP contribution in [0.3, 0.4) is 0 Å². The highest BCUT2D eigenvalue weighted by atomic mass is 16.5. The molecule has 108 valence electrons. The summed E-state index contributed by atoms with van der Waals surface area (Å²) >= 11 is 0. The normalized spacial score (nSPS) is 16.6. The van der Waals surface area contributed by atoms with Gasteiger partial charge in [0.1, 0.15) is 0 Å². The number of hydrogen-bond acceptors (Lipinski definition) is 5. The van der Waals surface area contributed by atoms with Crippen LogP contribution in [0.1, 0.15) is 24.6 Å². The number of piperidine rings is 1. The predicted molar refractivity (Wildman–Crippen MR) is 78.9 cm³/mol. The van der Waals surface area contributed by atoms with Crippen LogP contribution in [-0.2, 0) is 7.05 Å². The van der Waals surface area contributed by atoms with Crippen molar-refractivity contribution in [1.82, 2.24) is 25.2 Å². The molecule has 3 heterocycles. The van der Waals surface area contributed by atoms with Gasteiger partial charge in [-0.1, -0.05) is 23.4 Å². The maximum atomic E-state index is 5.47. The van der Waals surface area contributed by atoms with Crippen LogP contribution in [0.5, 0.6) is 0 Å². The molecule has 1 aliphatic heterocycles. The highest BCUT2D eigenvalue weighted by Crippen LogP contribution is 2.29. The highest BCUT2D eigenvalue weighted by Gasteiger charge is 2.23. The first kappa shape index (κ1) is 12.5. The molecule has 0 saturated carbocycles. The molecule has 0 aliphatic carbocycles. The number of aromatic nitrogens is 4. The van der Waals surface area contributed by atoms with Gasteiger partial charge in [-0.3, -0.25) is 4.68 Å². The zero-order chi connectivity index (χ0) is 14.2. The van der Waals surface area contributed by atoms with E-state index < -0.39 is 0 Å².